The molecule has 1 saturated heterocycles. The molecule has 2 aromatic carbocycles. The number of nitrogen functional groups attached to an aromatic ring is 1. The first-order chi connectivity index (χ1) is 12.8. The average Bonchev–Trinajstić information content (AvgIpc) is 3.29. The molecule has 1 fully saturated rings. The van der Waals surface area contributed by atoms with Gasteiger partial charge in [0.1, 0.15) is 0 Å². The maximum atomic E-state index is 6.01. The highest BCUT2D eigenvalue weighted by Gasteiger charge is 2.27. The molecular weight excluding hydrogens is 326 g/mol. The molecule has 2 N–H and O–H groups in total. The Balaban J connectivity index is 1.21. The molecule has 2 aliphatic heterocycles. The molecule has 26 heavy (non-hydrogen) atoms. The molecule has 1 aliphatic carbocycles. The Bertz CT molecular complexity index is 815. The lowest BCUT2D eigenvalue weighted by atomic mass is 10.00. The molecule has 5 nitrogen and oxygen atoms in total. The molecule has 5 heteroatoms. The monoisotopic (exact) mass is 351 g/mol. The van der Waals surface area contributed by atoms with Gasteiger partial charge in [0, 0.05) is 50.2 Å². The second-order valence-electron chi connectivity index (χ2n) is 7.52. The van der Waals surface area contributed by atoms with Gasteiger partial charge < -0.3 is 20.1 Å². The Morgan fingerprint density at radius 3 is 2.69 bits per heavy atom. The van der Waals surface area contributed by atoms with E-state index >= 15 is 0 Å². The van der Waals surface area contributed by atoms with E-state index in [4.69, 9.17) is 15.2 Å². The molecule has 0 aromatic heterocycles. The molecule has 2 heterocycles. The predicted octanol–water partition coefficient (Wildman–Crippen LogP) is 2.85. The first-order valence-electron chi connectivity index (χ1n) is 9.51. The van der Waals surface area contributed by atoms with Gasteiger partial charge in [-0.1, -0.05) is 6.07 Å². The van der Waals surface area contributed by atoms with Crippen LogP contribution in [-0.2, 0) is 6.42 Å². The van der Waals surface area contributed by atoms with Crippen molar-refractivity contribution in [1.82, 2.24) is 4.90 Å². The van der Waals surface area contributed by atoms with Crippen molar-refractivity contribution in [3.63, 3.8) is 0 Å². The van der Waals surface area contributed by atoms with E-state index in [2.05, 4.69) is 34.1 Å². The van der Waals surface area contributed by atoms with Gasteiger partial charge in [0.05, 0.1) is 0 Å². The summed E-state index contributed by atoms with van der Waals surface area (Å²) in [7, 11) is 0. The maximum Gasteiger partial charge on any atom is 0.231 e. The van der Waals surface area contributed by atoms with Gasteiger partial charge in [0.2, 0.25) is 6.79 Å². The van der Waals surface area contributed by atoms with E-state index < -0.39 is 0 Å². The van der Waals surface area contributed by atoms with Crippen molar-refractivity contribution in [2.24, 2.45) is 0 Å². The van der Waals surface area contributed by atoms with E-state index in [-0.39, 0.29) is 0 Å². The molecule has 136 valence electrons. The van der Waals surface area contributed by atoms with Crippen molar-refractivity contribution >= 4 is 11.4 Å². The first-order valence-corrected chi connectivity index (χ1v) is 9.51. The van der Waals surface area contributed by atoms with E-state index in [0.717, 1.165) is 49.9 Å². The van der Waals surface area contributed by atoms with E-state index in [0.29, 0.717) is 12.7 Å². The van der Waals surface area contributed by atoms with Crippen LogP contribution in [0.2, 0.25) is 0 Å². The highest BCUT2D eigenvalue weighted by molar-refractivity contribution is 5.57. The fourth-order valence-electron chi connectivity index (χ4n) is 4.48. The van der Waals surface area contributed by atoms with Crippen molar-refractivity contribution in [3.05, 3.63) is 47.5 Å². The summed E-state index contributed by atoms with van der Waals surface area (Å²) in [6.07, 6.45) is 2.44. The second-order valence-corrected chi connectivity index (χ2v) is 7.52. The zero-order valence-electron chi connectivity index (χ0n) is 15.0. The molecule has 0 amide bonds. The topological polar surface area (TPSA) is 51.0 Å². The van der Waals surface area contributed by atoms with Crippen molar-refractivity contribution in [2.45, 2.75) is 18.8 Å². The quantitative estimate of drug-likeness (QED) is 0.862. The Hall–Kier alpha value is -2.40. The molecule has 1 unspecified atom stereocenters. The highest BCUT2D eigenvalue weighted by atomic mass is 16.7. The van der Waals surface area contributed by atoms with E-state index in [1.807, 2.05) is 12.1 Å². The summed E-state index contributed by atoms with van der Waals surface area (Å²) in [5.74, 6) is 2.35. The number of piperazine rings is 1. The summed E-state index contributed by atoms with van der Waals surface area (Å²) >= 11 is 0. The molecule has 5 rings (SSSR count). The van der Waals surface area contributed by atoms with Crippen LogP contribution in [-0.4, -0.2) is 44.4 Å². The average molecular weight is 351 g/mol. The minimum absolute atomic E-state index is 0.333. The van der Waals surface area contributed by atoms with Gasteiger partial charge >= 0.3 is 0 Å². The van der Waals surface area contributed by atoms with Crippen LogP contribution in [0.5, 0.6) is 11.5 Å². The summed E-state index contributed by atoms with van der Waals surface area (Å²) in [5.41, 5.74) is 11.1. The fourth-order valence-corrected chi connectivity index (χ4v) is 4.48. The van der Waals surface area contributed by atoms with Gasteiger partial charge in [-0.2, -0.15) is 0 Å². The lowest BCUT2D eigenvalue weighted by Gasteiger charge is -2.37. The molecule has 2 aromatic rings. The van der Waals surface area contributed by atoms with E-state index in [9.17, 15) is 0 Å². The Kier molecular flexibility index (Phi) is 3.89. The van der Waals surface area contributed by atoms with Gasteiger partial charge in [-0.05, 0) is 54.2 Å². The zero-order chi connectivity index (χ0) is 17.5. The Labute approximate surface area is 154 Å². The summed E-state index contributed by atoms with van der Waals surface area (Å²) < 4.78 is 10.9. The smallest absolute Gasteiger partial charge is 0.231 e. The molecule has 0 spiro atoms. The molecule has 0 radical (unpaired) electrons. The largest absolute Gasteiger partial charge is 0.454 e. The number of anilines is 2. The van der Waals surface area contributed by atoms with Crippen molar-refractivity contribution in [3.8, 4) is 11.5 Å². The molecule has 0 saturated carbocycles. The predicted molar refractivity (Wildman–Crippen MR) is 103 cm³/mol. The molecule has 0 bridgehead atoms. The maximum absolute atomic E-state index is 6.01. The first kappa shape index (κ1) is 15.8. The number of fused-ring (bicyclic) bond motifs is 2. The van der Waals surface area contributed by atoms with Crippen LogP contribution >= 0.6 is 0 Å². The van der Waals surface area contributed by atoms with Gasteiger partial charge in [0.15, 0.2) is 11.5 Å². The summed E-state index contributed by atoms with van der Waals surface area (Å²) in [6.45, 7) is 5.78. The number of hydrogen-bond donors (Lipinski definition) is 1. The standard InChI is InChI=1S/C21H25N3O2/c22-17-4-3-15-1-2-16(19(15)11-17)13-23-7-9-24(10-8-23)18-5-6-20-21(12-18)26-14-25-20/h3-6,11-12,16H,1-2,7-10,13-14,22H2. The third-order valence-electron chi connectivity index (χ3n) is 5.94. The number of nitrogens with zero attached hydrogens (tertiary/aromatic N) is 2. The van der Waals surface area contributed by atoms with Gasteiger partial charge in [-0.3, -0.25) is 4.90 Å². The lowest BCUT2D eigenvalue weighted by Crippen LogP contribution is -2.47. The summed E-state index contributed by atoms with van der Waals surface area (Å²) in [4.78, 5) is 5.05. The van der Waals surface area contributed by atoms with Gasteiger partial charge in [-0.25, -0.2) is 0 Å². The van der Waals surface area contributed by atoms with Crippen LogP contribution in [0.3, 0.4) is 0 Å². The van der Waals surface area contributed by atoms with Crippen LogP contribution in [0.25, 0.3) is 0 Å². The number of hydrogen-bond acceptors (Lipinski definition) is 5. The van der Waals surface area contributed by atoms with Crippen molar-refractivity contribution < 1.29 is 9.47 Å². The van der Waals surface area contributed by atoms with Crippen LogP contribution < -0.4 is 20.1 Å². The summed E-state index contributed by atoms with van der Waals surface area (Å²) in [5, 5.41) is 0. The third-order valence-corrected chi connectivity index (χ3v) is 5.94. The summed E-state index contributed by atoms with van der Waals surface area (Å²) in [6, 6.07) is 12.7. The van der Waals surface area contributed by atoms with Crippen LogP contribution in [0, 0.1) is 0 Å². The van der Waals surface area contributed by atoms with Crippen molar-refractivity contribution in [1.29, 1.82) is 0 Å². The zero-order valence-corrected chi connectivity index (χ0v) is 15.0. The van der Waals surface area contributed by atoms with Crippen LogP contribution in [0.1, 0.15) is 23.5 Å². The molecule has 3 aliphatic rings. The minimum atomic E-state index is 0.333. The van der Waals surface area contributed by atoms with E-state index in [1.54, 1.807) is 0 Å². The number of benzene rings is 2. The lowest BCUT2D eigenvalue weighted by molar-refractivity contribution is 0.174. The number of ether oxygens (including phenoxy) is 2. The van der Waals surface area contributed by atoms with Crippen LogP contribution in [0.15, 0.2) is 36.4 Å². The SMILES string of the molecule is Nc1ccc2c(c1)C(CN1CCN(c3ccc4c(c3)OCO4)CC1)CC2. The normalized spacial score (nSPS) is 21.8. The molecular formula is C21H25N3O2. The Morgan fingerprint density at radius 1 is 0.962 bits per heavy atom. The highest BCUT2D eigenvalue weighted by Crippen LogP contribution is 2.37. The van der Waals surface area contributed by atoms with Crippen molar-refractivity contribution in [2.75, 3.05) is 50.2 Å². The third kappa shape index (κ3) is 2.86. The van der Waals surface area contributed by atoms with E-state index in [1.165, 1.54) is 29.7 Å². The number of aryl methyl sites for hydroxylation is 1. The number of nitrogens with two attached hydrogens (primary N) is 1. The fraction of sp³-hybridized carbons (Fsp3) is 0.429. The Morgan fingerprint density at radius 2 is 1.81 bits per heavy atom. The number of rotatable bonds is 3. The molecule has 1 atom stereocenters. The van der Waals surface area contributed by atoms with Crippen LogP contribution in [0.4, 0.5) is 11.4 Å². The minimum Gasteiger partial charge on any atom is -0.454 e. The van der Waals surface area contributed by atoms with Gasteiger partial charge in [-0.15, -0.1) is 0 Å². The second kappa shape index (κ2) is 6.40. The van der Waals surface area contributed by atoms with Gasteiger partial charge in [0.25, 0.3) is 0 Å².